The monoisotopic (exact) mass is 536 g/mol. The molecule has 0 aliphatic carbocycles. The van der Waals surface area contributed by atoms with Crippen LogP contribution in [0.1, 0.15) is 52.4 Å². The number of hydrogen-bond acceptors (Lipinski definition) is 12. The minimum absolute atomic E-state index is 0.0376. The summed E-state index contributed by atoms with van der Waals surface area (Å²) >= 11 is 0.896. The summed E-state index contributed by atoms with van der Waals surface area (Å²) in [6.45, 7) is 3.30. The molecule has 15 nitrogen and oxygen atoms in total. The molecule has 204 valence electrons. The maximum atomic E-state index is 12.9. The van der Waals surface area contributed by atoms with Gasteiger partial charge < -0.3 is 24.6 Å². The molecule has 0 aromatic carbocycles. The lowest BCUT2D eigenvalue weighted by molar-refractivity contribution is -0.757. The topological polar surface area (TPSA) is 198 Å². The van der Waals surface area contributed by atoms with Gasteiger partial charge >= 0.3 is 5.97 Å². The van der Waals surface area contributed by atoms with Crippen molar-refractivity contribution in [2.45, 2.75) is 64.5 Å². The number of thioether (sulfide) groups is 1. The quantitative estimate of drug-likeness (QED) is 0.119. The zero-order valence-corrected chi connectivity index (χ0v) is 21.1. The van der Waals surface area contributed by atoms with Crippen LogP contribution in [0, 0.1) is 26.1 Å². The second-order valence-corrected chi connectivity index (χ2v) is 9.13. The first-order chi connectivity index (χ1) is 17.0. The van der Waals surface area contributed by atoms with Gasteiger partial charge in [-0.1, -0.05) is 18.7 Å². The van der Waals surface area contributed by atoms with E-state index < -0.39 is 40.1 Å². The predicted octanol–water partition coefficient (Wildman–Crippen LogP) is 0.898. The zero-order chi connectivity index (χ0) is 27.1. The normalized spacial score (nSPS) is 16.5. The number of rotatable bonds is 17. The SMILES string of the molecule is CC(NC(=O)CCCO[N+](=O)[O-])C(=O)SC[C@@H](C)C(=O)N1CCC[C@H]1C(=O)OCCCCO[N+](=O)[O-]. The van der Waals surface area contributed by atoms with Gasteiger partial charge in [0, 0.05) is 24.6 Å². The van der Waals surface area contributed by atoms with Crippen molar-refractivity contribution in [2.24, 2.45) is 5.92 Å². The van der Waals surface area contributed by atoms with Crippen molar-refractivity contribution < 1.29 is 43.8 Å². The van der Waals surface area contributed by atoms with Gasteiger partial charge in [-0.3, -0.25) is 14.4 Å². The van der Waals surface area contributed by atoms with Gasteiger partial charge in [-0.25, -0.2) is 4.79 Å². The third-order valence-corrected chi connectivity index (χ3v) is 6.47. The lowest BCUT2D eigenvalue weighted by Gasteiger charge is -2.26. The molecule has 16 heteroatoms. The first-order valence-corrected chi connectivity index (χ1v) is 12.5. The second-order valence-electron chi connectivity index (χ2n) is 8.10. The second kappa shape index (κ2) is 16.5. The average Bonchev–Trinajstić information content (AvgIpc) is 3.31. The van der Waals surface area contributed by atoms with Crippen molar-refractivity contribution in [3.05, 3.63) is 20.2 Å². The summed E-state index contributed by atoms with van der Waals surface area (Å²) in [7, 11) is 0. The van der Waals surface area contributed by atoms with Gasteiger partial charge in [0.2, 0.25) is 16.9 Å². The van der Waals surface area contributed by atoms with E-state index in [9.17, 15) is 39.4 Å². The van der Waals surface area contributed by atoms with E-state index in [1.807, 2.05) is 0 Å². The fraction of sp³-hybridized carbons (Fsp3) is 0.800. The molecule has 1 N–H and O–H groups in total. The van der Waals surface area contributed by atoms with Crippen LogP contribution >= 0.6 is 11.8 Å². The molecule has 1 rings (SSSR count). The largest absolute Gasteiger partial charge is 0.464 e. The molecule has 3 atom stereocenters. The Labute approximate surface area is 211 Å². The summed E-state index contributed by atoms with van der Waals surface area (Å²) < 4.78 is 5.21. The molecule has 1 fully saturated rings. The van der Waals surface area contributed by atoms with Crippen LogP contribution in [0.3, 0.4) is 0 Å². The average molecular weight is 537 g/mol. The number of hydrogen-bond donors (Lipinski definition) is 1. The van der Waals surface area contributed by atoms with Gasteiger partial charge in [-0.2, -0.15) is 0 Å². The van der Waals surface area contributed by atoms with Gasteiger partial charge in [0.1, 0.15) is 6.04 Å². The molecule has 36 heavy (non-hydrogen) atoms. The van der Waals surface area contributed by atoms with Gasteiger partial charge in [0.15, 0.2) is 0 Å². The number of likely N-dealkylation sites (tertiary alicyclic amines) is 1. The third-order valence-electron chi connectivity index (χ3n) is 5.16. The molecule has 0 aromatic rings. The Bertz CT molecular complexity index is 798. The number of carbonyl (C=O) groups is 4. The zero-order valence-electron chi connectivity index (χ0n) is 20.3. The summed E-state index contributed by atoms with van der Waals surface area (Å²) in [5.74, 6) is -1.67. The number of nitrogens with zero attached hydrogens (tertiary/aromatic N) is 3. The van der Waals surface area contributed by atoms with Crippen molar-refractivity contribution in [1.29, 1.82) is 0 Å². The van der Waals surface area contributed by atoms with Gasteiger partial charge in [0.05, 0.1) is 25.9 Å². The Kier molecular flexibility index (Phi) is 14.1. The fourth-order valence-corrected chi connectivity index (χ4v) is 4.18. The maximum Gasteiger partial charge on any atom is 0.328 e. The van der Waals surface area contributed by atoms with Crippen LogP contribution in [0.5, 0.6) is 0 Å². The first-order valence-electron chi connectivity index (χ1n) is 11.5. The Morgan fingerprint density at radius 1 is 1.03 bits per heavy atom. The Balaban J connectivity index is 2.38. The van der Waals surface area contributed by atoms with Crippen molar-refractivity contribution in [3.63, 3.8) is 0 Å². The summed E-state index contributed by atoms with van der Waals surface area (Å²) in [5, 5.41) is 20.5. The minimum atomic E-state index is -0.947. The van der Waals surface area contributed by atoms with E-state index >= 15 is 0 Å². The summed E-state index contributed by atoms with van der Waals surface area (Å²) in [6.07, 6.45) is 1.92. The van der Waals surface area contributed by atoms with Crippen molar-refractivity contribution in [1.82, 2.24) is 10.2 Å². The van der Waals surface area contributed by atoms with Crippen molar-refractivity contribution in [2.75, 3.05) is 32.1 Å². The highest BCUT2D eigenvalue weighted by atomic mass is 32.2. The van der Waals surface area contributed by atoms with Crippen LogP contribution in [0.15, 0.2) is 0 Å². The number of esters is 1. The van der Waals surface area contributed by atoms with E-state index in [0.29, 0.717) is 32.2 Å². The molecule has 2 amide bonds. The number of nitrogens with one attached hydrogen (secondary N) is 1. The molecule has 1 aliphatic rings. The number of unbranched alkanes of at least 4 members (excludes halogenated alkanes) is 1. The summed E-state index contributed by atoms with van der Waals surface area (Å²) in [6, 6.07) is -1.53. The summed E-state index contributed by atoms with van der Waals surface area (Å²) in [5.41, 5.74) is 0. The first kappa shape index (κ1) is 30.9. The predicted molar refractivity (Wildman–Crippen MR) is 124 cm³/mol. The maximum absolute atomic E-state index is 12.9. The van der Waals surface area contributed by atoms with Gasteiger partial charge in [-0.05, 0) is 39.0 Å². The smallest absolute Gasteiger partial charge is 0.328 e. The molecule has 1 saturated heterocycles. The van der Waals surface area contributed by atoms with E-state index in [1.165, 1.54) is 11.8 Å². The fourth-order valence-electron chi connectivity index (χ4n) is 3.32. The molecular weight excluding hydrogens is 504 g/mol. The third kappa shape index (κ3) is 12.0. The van der Waals surface area contributed by atoms with Crippen molar-refractivity contribution in [3.8, 4) is 0 Å². The molecule has 0 radical (unpaired) electrons. The molecule has 1 heterocycles. The lowest BCUT2D eigenvalue weighted by Crippen LogP contribution is -2.44. The van der Waals surface area contributed by atoms with Crippen LogP contribution < -0.4 is 5.32 Å². The highest BCUT2D eigenvalue weighted by molar-refractivity contribution is 8.13. The molecular formula is C20H32N4O11S. The van der Waals surface area contributed by atoms with E-state index in [0.717, 1.165) is 11.8 Å². The van der Waals surface area contributed by atoms with E-state index in [1.54, 1.807) is 6.92 Å². The Morgan fingerprint density at radius 2 is 1.64 bits per heavy atom. The number of ether oxygens (including phenoxy) is 1. The highest BCUT2D eigenvalue weighted by Gasteiger charge is 2.37. The van der Waals surface area contributed by atoms with E-state index in [4.69, 9.17) is 4.74 Å². The van der Waals surface area contributed by atoms with Crippen LogP contribution in [0.2, 0.25) is 0 Å². The van der Waals surface area contributed by atoms with Crippen LogP contribution in [0.4, 0.5) is 0 Å². The van der Waals surface area contributed by atoms with Crippen molar-refractivity contribution >= 4 is 34.7 Å². The minimum Gasteiger partial charge on any atom is -0.464 e. The standard InChI is InChI=1S/C20H32N4O11S/c1-14(13-36-20(28)15(2)21-17(25)8-6-12-35-24(31)32)18(26)22-9-5-7-16(22)19(27)33-10-3-4-11-34-23(29)30/h14-16H,3-13H2,1-2H3,(H,21,25)/t14-,15?,16+/m1/s1. The van der Waals surface area contributed by atoms with Crippen LogP contribution in [0.25, 0.3) is 0 Å². The Hall–Kier alpha value is -3.17. The number of amides is 2. The highest BCUT2D eigenvalue weighted by Crippen LogP contribution is 2.23. The molecule has 0 aromatic heterocycles. The van der Waals surface area contributed by atoms with E-state index in [-0.39, 0.29) is 49.4 Å². The van der Waals surface area contributed by atoms with E-state index in [2.05, 4.69) is 15.0 Å². The van der Waals surface area contributed by atoms with Gasteiger partial charge in [0.25, 0.3) is 10.2 Å². The molecule has 0 saturated carbocycles. The lowest BCUT2D eigenvalue weighted by atomic mass is 10.1. The summed E-state index contributed by atoms with van der Waals surface area (Å²) in [4.78, 5) is 79.4. The van der Waals surface area contributed by atoms with Crippen LogP contribution in [-0.4, -0.2) is 82.2 Å². The molecule has 0 bridgehead atoms. The number of carbonyl (C=O) groups excluding carboxylic acids is 4. The van der Waals surface area contributed by atoms with Gasteiger partial charge in [-0.15, -0.1) is 20.2 Å². The Morgan fingerprint density at radius 3 is 2.28 bits per heavy atom. The van der Waals surface area contributed by atoms with Crippen LogP contribution in [-0.2, 0) is 33.6 Å². The molecule has 1 unspecified atom stereocenters. The molecule has 0 spiro atoms. The molecule has 1 aliphatic heterocycles.